The monoisotopic (exact) mass is 295 g/mol. The largest absolute Gasteiger partial charge is 0.481 e. The molecule has 0 aromatic carbocycles. The highest BCUT2D eigenvalue weighted by molar-refractivity contribution is 5.85. The Morgan fingerprint density at radius 3 is 2.48 bits per heavy atom. The van der Waals surface area contributed by atoms with Crippen LogP contribution in [0.5, 0.6) is 0 Å². The maximum atomic E-state index is 12.7. The van der Waals surface area contributed by atoms with Gasteiger partial charge >= 0.3 is 5.97 Å². The van der Waals surface area contributed by atoms with Crippen molar-refractivity contribution >= 4 is 11.9 Å². The summed E-state index contributed by atoms with van der Waals surface area (Å²) < 4.78 is 11.4. The second-order valence-electron chi connectivity index (χ2n) is 5.96. The number of carbonyl (C=O) groups excluding carboxylic acids is 1. The molecule has 3 aliphatic rings. The van der Waals surface area contributed by atoms with E-state index in [1.54, 1.807) is 4.90 Å². The molecule has 2 fully saturated rings. The number of rotatable bonds is 2. The Bertz CT molecular complexity index is 455. The predicted octanol–water partition coefficient (Wildman–Crippen LogP) is 1.02. The average molecular weight is 295 g/mol. The van der Waals surface area contributed by atoms with Crippen molar-refractivity contribution in [2.24, 2.45) is 11.8 Å². The van der Waals surface area contributed by atoms with Gasteiger partial charge in [-0.25, -0.2) is 0 Å². The summed E-state index contributed by atoms with van der Waals surface area (Å²) in [5.41, 5.74) is 0. The Balaban J connectivity index is 1.71. The summed E-state index contributed by atoms with van der Waals surface area (Å²) in [5.74, 6) is -2.71. The van der Waals surface area contributed by atoms with Crippen molar-refractivity contribution in [1.82, 2.24) is 4.90 Å². The number of ether oxygens (including phenoxy) is 2. The quantitative estimate of drug-likeness (QED) is 0.770. The number of hydrogen-bond acceptors (Lipinski definition) is 4. The highest BCUT2D eigenvalue weighted by Gasteiger charge is 2.44. The van der Waals surface area contributed by atoms with Crippen molar-refractivity contribution in [2.45, 2.75) is 31.5 Å². The lowest BCUT2D eigenvalue weighted by Crippen LogP contribution is -2.53. The van der Waals surface area contributed by atoms with Gasteiger partial charge in [0, 0.05) is 13.0 Å². The van der Waals surface area contributed by atoms with Crippen LogP contribution in [0.3, 0.4) is 0 Å². The molecule has 0 saturated carbocycles. The zero-order valence-corrected chi connectivity index (χ0v) is 12.0. The maximum Gasteiger partial charge on any atom is 0.307 e. The lowest BCUT2D eigenvalue weighted by Gasteiger charge is -2.40. The minimum atomic E-state index is -0.891. The number of amides is 1. The second-order valence-corrected chi connectivity index (χ2v) is 5.96. The molecule has 0 aromatic rings. The first kappa shape index (κ1) is 14.5. The first-order chi connectivity index (χ1) is 10.1. The Hall–Kier alpha value is -1.40. The van der Waals surface area contributed by atoms with Crippen molar-refractivity contribution in [3.8, 4) is 0 Å². The number of allylic oxidation sites excluding steroid dienone is 2. The molecular weight excluding hydrogens is 274 g/mol. The van der Waals surface area contributed by atoms with Crippen molar-refractivity contribution < 1.29 is 24.2 Å². The molecule has 3 rings (SSSR count). The Morgan fingerprint density at radius 1 is 1.14 bits per heavy atom. The van der Waals surface area contributed by atoms with Gasteiger partial charge in [-0.15, -0.1) is 0 Å². The molecule has 116 valence electrons. The van der Waals surface area contributed by atoms with E-state index in [1.807, 2.05) is 12.2 Å². The molecule has 1 aliphatic carbocycles. The molecule has 2 saturated heterocycles. The van der Waals surface area contributed by atoms with E-state index < -0.39 is 23.6 Å². The Labute approximate surface area is 123 Å². The lowest BCUT2D eigenvalue weighted by atomic mass is 9.81. The van der Waals surface area contributed by atoms with Crippen LogP contribution in [-0.4, -0.2) is 54.0 Å². The van der Waals surface area contributed by atoms with Crippen LogP contribution in [0.1, 0.15) is 25.7 Å². The summed E-state index contributed by atoms with van der Waals surface area (Å²) >= 11 is 0. The van der Waals surface area contributed by atoms with E-state index in [4.69, 9.17) is 9.47 Å². The molecule has 0 bridgehead atoms. The molecule has 2 aliphatic heterocycles. The van der Waals surface area contributed by atoms with Crippen molar-refractivity contribution in [1.29, 1.82) is 0 Å². The molecule has 0 aromatic heterocycles. The van der Waals surface area contributed by atoms with E-state index in [2.05, 4.69) is 0 Å². The number of likely N-dealkylation sites (tertiary alicyclic amines) is 1. The minimum Gasteiger partial charge on any atom is -0.481 e. The zero-order chi connectivity index (χ0) is 14.9. The van der Waals surface area contributed by atoms with Gasteiger partial charge in [0.15, 0.2) is 5.79 Å². The lowest BCUT2D eigenvalue weighted by molar-refractivity contribution is -0.195. The van der Waals surface area contributed by atoms with Crippen LogP contribution >= 0.6 is 0 Å². The number of carboxylic acid groups (broad SMARTS) is 1. The molecule has 2 atom stereocenters. The molecule has 0 radical (unpaired) electrons. The van der Waals surface area contributed by atoms with E-state index in [-0.39, 0.29) is 5.91 Å². The molecule has 21 heavy (non-hydrogen) atoms. The SMILES string of the molecule is O=C(O)C1CC=CCC1C(=O)N1CCCC2(C1)OCCO2. The van der Waals surface area contributed by atoms with Crippen LogP contribution in [0.2, 0.25) is 0 Å². The Kier molecular flexibility index (Phi) is 3.99. The van der Waals surface area contributed by atoms with Crippen molar-refractivity contribution in [3.63, 3.8) is 0 Å². The van der Waals surface area contributed by atoms with E-state index in [0.717, 1.165) is 12.8 Å². The van der Waals surface area contributed by atoms with Crippen molar-refractivity contribution in [3.05, 3.63) is 12.2 Å². The van der Waals surface area contributed by atoms with Crippen LogP contribution in [0, 0.1) is 11.8 Å². The first-order valence-electron chi connectivity index (χ1n) is 7.56. The van der Waals surface area contributed by atoms with Crippen LogP contribution in [0.15, 0.2) is 12.2 Å². The van der Waals surface area contributed by atoms with Crippen LogP contribution in [-0.2, 0) is 19.1 Å². The third-order valence-corrected chi connectivity index (χ3v) is 4.61. The Morgan fingerprint density at radius 2 is 1.81 bits per heavy atom. The summed E-state index contributed by atoms with van der Waals surface area (Å²) in [4.78, 5) is 25.8. The van der Waals surface area contributed by atoms with Gasteiger partial charge in [-0.1, -0.05) is 12.2 Å². The van der Waals surface area contributed by atoms with E-state index in [1.165, 1.54) is 0 Å². The first-order valence-corrected chi connectivity index (χ1v) is 7.56. The zero-order valence-electron chi connectivity index (χ0n) is 12.0. The highest BCUT2D eigenvalue weighted by atomic mass is 16.7. The molecule has 1 N–H and O–H groups in total. The summed E-state index contributed by atoms with van der Waals surface area (Å²) in [6.45, 7) is 2.19. The standard InChI is InChI=1S/C15H21NO5/c17-13(11-4-1-2-5-12(11)14(18)19)16-7-3-6-15(10-16)20-8-9-21-15/h1-2,11-12H,3-10H2,(H,18,19). The number of carboxylic acids is 1. The normalized spacial score (nSPS) is 31.5. The second kappa shape index (κ2) is 5.77. The topological polar surface area (TPSA) is 76.1 Å². The highest BCUT2D eigenvalue weighted by Crippen LogP contribution is 2.33. The van der Waals surface area contributed by atoms with Crippen molar-refractivity contribution in [2.75, 3.05) is 26.3 Å². The van der Waals surface area contributed by atoms with Gasteiger partial charge in [-0.05, 0) is 19.3 Å². The van der Waals surface area contributed by atoms with Gasteiger partial charge in [0.05, 0.1) is 31.6 Å². The van der Waals surface area contributed by atoms with Gasteiger partial charge in [0.2, 0.25) is 5.91 Å². The smallest absolute Gasteiger partial charge is 0.307 e. The molecular formula is C15H21NO5. The van der Waals surface area contributed by atoms with E-state index in [9.17, 15) is 14.7 Å². The fourth-order valence-electron chi connectivity index (χ4n) is 3.50. The third-order valence-electron chi connectivity index (χ3n) is 4.61. The van der Waals surface area contributed by atoms with Crippen LogP contribution in [0.4, 0.5) is 0 Å². The van der Waals surface area contributed by atoms with Crippen LogP contribution in [0.25, 0.3) is 0 Å². The molecule has 2 unspecified atom stereocenters. The maximum absolute atomic E-state index is 12.7. The molecule has 1 spiro atoms. The van der Waals surface area contributed by atoms with E-state index >= 15 is 0 Å². The summed E-state index contributed by atoms with van der Waals surface area (Å²) in [6.07, 6.45) is 6.31. The third kappa shape index (κ3) is 2.82. The van der Waals surface area contributed by atoms with Gasteiger partial charge in [0.1, 0.15) is 0 Å². The van der Waals surface area contributed by atoms with Gasteiger partial charge in [-0.3, -0.25) is 9.59 Å². The number of carbonyl (C=O) groups is 2. The number of nitrogens with zero attached hydrogens (tertiary/aromatic N) is 1. The fourth-order valence-corrected chi connectivity index (χ4v) is 3.50. The van der Waals surface area contributed by atoms with E-state index in [0.29, 0.717) is 39.1 Å². The fraction of sp³-hybridized carbons (Fsp3) is 0.733. The van der Waals surface area contributed by atoms with Gasteiger partial charge in [-0.2, -0.15) is 0 Å². The molecule has 1 amide bonds. The average Bonchev–Trinajstić information content (AvgIpc) is 2.94. The minimum absolute atomic E-state index is 0.0788. The summed E-state index contributed by atoms with van der Waals surface area (Å²) in [6, 6.07) is 0. The predicted molar refractivity (Wildman–Crippen MR) is 73.4 cm³/mol. The summed E-state index contributed by atoms with van der Waals surface area (Å²) in [5, 5.41) is 9.31. The molecule has 6 nitrogen and oxygen atoms in total. The van der Waals surface area contributed by atoms with Crippen LogP contribution < -0.4 is 0 Å². The number of piperidine rings is 1. The summed E-state index contributed by atoms with van der Waals surface area (Å²) in [7, 11) is 0. The number of hydrogen-bond donors (Lipinski definition) is 1. The number of aliphatic carboxylic acids is 1. The van der Waals surface area contributed by atoms with Gasteiger partial charge in [0.25, 0.3) is 0 Å². The molecule has 2 heterocycles. The molecule has 6 heteroatoms. The van der Waals surface area contributed by atoms with Gasteiger partial charge < -0.3 is 19.5 Å².